The van der Waals surface area contributed by atoms with Crippen LogP contribution in [-0.2, 0) is 0 Å². The molecule has 13 heavy (non-hydrogen) atoms. The van der Waals surface area contributed by atoms with E-state index in [-0.39, 0.29) is 0 Å². The summed E-state index contributed by atoms with van der Waals surface area (Å²) in [5, 5.41) is 0. The first-order valence-electron chi connectivity index (χ1n) is 4.30. The maximum absolute atomic E-state index is 3.98. The fourth-order valence-electron chi connectivity index (χ4n) is 1.40. The maximum atomic E-state index is 3.98. The minimum atomic E-state index is 1.03. The largest absolute Gasteiger partial charge is 0.351 e. The van der Waals surface area contributed by atoms with Crippen LogP contribution in [-0.4, -0.2) is 11.9 Å². The van der Waals surface area contributed by atoms with E-state index in [2.05, 4.69) is 24.1 Å². The van der Waals surface area contributed by atoms with E-state index in [4.69, 9.17) is 0 Å². The van der Waals surface area contributed by atoms with Crippen LogP contribution in [0.1, 0.15) is 6.92 Å². The van der Waals surface area contributed by atoms with Crippen LogP contribution in [0, 0.1) is 0 Å². The van der Waals surface area contributed by atoms with E-state index in [1.807, 2.05) is 32.3 Å². The molecule has 1 rings (SSSR count). The van der Waals surface area contributed by atoms with E-state index < -0.39 is 0 Å². The van der Waals surface area contributed by atoms with Crippen molar-refractivity contribution >= 4 is 0 Å². The lowest BCUT2D eigenvalue weighted by molar-refractivity contribution is 0.571. The van der Waals surface area contributed by atoms with E-state index in [1.54, 1.807) is 6.08 Å². The average Bonchev–Trinajstić information content (AvgIpc) is 2.12. The van der Waals surface area contributed by atoms with E-state index in [1.165, 1.54) is 5.70 Å². The van der Waals surface area contributed by atoms with Gasteiger partial charge in [-0.25, -0.2) is 0 Å². The van der Waals surface area contributed by atoms with Crippen molar-refractivity contribution < 1.29 is 0 Å². The molecule has 0 aliphatic carbocycles. The molecule has 1 heterocycles. The molecule has 0 saturated heterocycles. The highest BCUT2D eigenvalue weighted by Gasteiger charge is 2.12. The van der Waals surface area contributed by atoms with Gasteiger partial charge >= 0.3 is 0 Å². The van der Waals surface area contributed by atoms with Crippen LogP contribution >= 0.6 is 0 Å². The van der Waals surface area contributed by atoms with Crippen molar-refractivity contribution in [2.75, 3.05) is 7.05 Å². The summed E-state index contributed by atoms with van der Waals surface area (Å²) in [6, 6.07) is 0. The smallest absolute Gasteiger partial charge is 0.0439 e. The molecule has 1 aliphatic heterocycles. The normalized spacial score (nSPS) is 22.9. The Morgan fingerprint density at radius 3 is 2.69 bits per heavy atom. The predicted octanol–water partition coefficient (Wildman–Crippen LogP) is 3.02. The van der Waals surface area contributed by atoms with Gasteiger partial charge in [-0.15, -0.1) is 0 Å². The zero-order chi connectivity index (χ0) is 9.84. The Hall–Kier alpha value is -1.50. The topological polar surface area (TPSA) is 3.24 Å². The fourth-order valence-corrected chi connectivity index (χ4v) is 1.40. The highest BCUT2D eigenvalue weighted by molar-refractivity contribution is 5.54. The van der Waals surface area contributed by atoms with Crippen LogP contribution in [0.15, 0.2) is 60.5 Å². The lowest BCUT2D eigenvalue weighted by atomic mass is 10.00. The molecule has 0 bridgehead atoms. The first-order valence-corrected chi connectivity index (χ1v) is 4.30. The number of allylic oxidation sites excluding steroid dienone is 5. The van der Waals surface area contributed by atoms with E-state index >= 15 is 0 Å². The zero-order valence-corrected chi connectivity index (χ0v) is 8.25. The van der Waals surface area contributed by atoms with Gasteiger partial charge in [-0.2, -0.15) is 0 Å². The first kappa shape index (κ1) is 9.59. The number of hydrogen-bond acceptors (Lipinski definition) is 1. The van der Waals surface area contributed by atoms with E-state index in [9.17, 15) is 0 Å². The van der Waals surface area contributed by atoms with Crippen molar-refractivity contribution in [3.63, 3.8) is 0 Å². The first-order chi connectivity index (χ1) is 6.20. The summed E-state index contributed by atoms with van der Waals surface area (Å²) in [5.41, 5.74) is 3.35. The SMILES string of the molecule is C=C/C=C1/C(=C)C=CN(C)/C1=C/C. The molecule has 68 valence electrons. The fraction of sp³-hybridized carbons (Fsp3) is 0.167. The number of hydrogen-bond donors (Lipinski definition) is 0. The van der Waals surface area contributed by atoms with Crippen molar-refractivity contribution in [3.05, 3.63) is 60.5 Å². The van der Waals surface area contributed by atoms with Gasteiger partial charge in [0.1, 0.15) is 0 Å². The molecule has 0 atom stereocenters. The monoisotopic (exact) mass is 173 g/mol. The Kier molecular flexibility index (Phi) is 2.91. The van der Waals surface area contributed by atoms with Gasteiger partial charge in [-0.3, -0.25) is 0 Å². The van der Waals surface area contributed by atoms with Gasteiger partial charge in [0.2, 0.25) is 0 Å². The summed E-state index contributed by atoms with van der Waals surface area (Å²) in [5.74, 6) is 0. The molecule has 0 aromatic rings. The molecule has 0 fully saturated rings. The van der Waals surface area contributed by atoms with Crippen LogP contribution < -0.4 is 0 Å². The summed E-state index contributed by atoms with van der Waals surface area (Å²) in [6.07, 6.45) is 9.86. The second-order valence-corrected chi connectivity index (χ2v) is 2.94. The van der Waals surface area contributed by atoms with Crippen molar-refractivity contribution in [3.8, 4) is 0 Å². The van der Waals surface area contributed by atoms with Crippen LogP contribution in [0.2, 0.25) is 0 Å². The Labute approximate surface area is 80.1 Å². The van der Waals surface area contributed by atoms with Crippen LogP contribution in [0.5, 0.6) is 0 Å². The third-order valence-electron chi connectivity index (χ3n) is 2.06. The molecule has 0 saturated carbocycles. The molecule has 0 amide bonds. The van der Waals surface area contributed by atoms with Crippen molar-refractivity contribution in [1.29, 1.82) is 0 Å². The maximum Gasteiger partial charge on any atom is 0.0439 e. The molecule has 0 aromatic heterocycles. The minimum absolute atomic E-state index is 1.03. The van der Waals surface area contributed by atoms with Gasteiger partial charge in [-0.05, 0) is 18.6 Å². The van der Waals surface area contributed by atoms with Gasteiger partial charge in [0, 0.05) is 24.5 Å². The number of likely N-dealkylation sites (N-methyl/N-ethyl adjacent to an activating group) is 1. The molecule has 0 N–H and O–H groups in total. The van der Waals surface area contributed by atoms with Gasteiger partial charge in [0.15, 0.2) is 0 Å². The van der Waals surface area contributed by atoms with Gasteiger partial charge in [-0.1, -0.05) is 31.4 Å². The standard InChI is InChI=1S/C12H15N/c1-5-7-11-10(3)8-9-13(4)12(11)6-2/h5-9H,1,3H2,2,4H3/b11-7-,12-6+. The van der Waals surface area contributed by atoms with Crippen molar-refractivity contribution in [1.82, 2.24) is 4.90 Å². The second-order valence-electron chi connectivity index (χ2n) is 2.94. The molecular weight excluding hydrogens is 158 g/mol. The quantitative estimate of drug-likeness (QED) is 0.589. The minimum Gasteiger partial charge on any atom is -0.351 e. The third-order valence-corrected chi connectivity index (χ3v) is 2.06. The Bertz CT molecular complexity index is 316. The number of rotatable bonds is 1. The molecular formula is C12H15N. The second kappa shape index (κ2) is 3.94. The lowest BCUT2D eigenvalue weighted by Crippen LogP contribution is -2.16. The molecule has 0 radical (unpaired) electrons. The summed E-state index contributed by atoms with van der Waals surface area (Å²) in [4.78, 5) is 2.07. The van der Waals surface area contributed by atoms with Gasteiger partial charge < -0.3 is 4.90 Å². The van der Waals surface area contributed by atoms with Gasteiger partial charge in [0.05, 0.1) is 0 Å². The summed E-state index contributed by atoms with van der Waals surface area (Å²) in [7, 11) is 2.02. The predicted molar refractivity (Wildman–Crippen MR) is 58.1 cm³/mol. The van der Waals surface area contributed by atoms with Crippen LogP contribution in [0.4, 0.5) is 0 Å². The van der Waals surface area contributed by atoms with Crippen molar-refractivity contribution in [2.24, 2.45) is 0 Å². The average molecular weight is 173 g/mol. The highest BCUT2D eigenvalue weighted by atomic mass is 15.1. The van der Waals surface area contributed by atoms with E-state index in [0.717, 1.165) is 11.1 Å². The van der Waals surface area contributed by atoms with Crippen LogP contribution in [0.25, 0.3) is 0 Å². The van der Waals surface area contributed by atoms with Crippen molar-refractivity contribution in [2.45, 2.75) is 6.92 Å². The molecule has 1 aliphatic rings. The molecule has 1 nitrogen and oxygen atoms in total. The highest BCUT2D eigenvalue weighted by Crippen LogP contribution is 2.26. The molecule has 0 spiro atoms. The molecule has 0 aromatic carbocycles. The van der Waals surface area contributed by atoms with E-state index in [0.29, 0.717) is 0 Å². The Balaban J connectivity index is 3.18. The Morgan fingerprint density at radius 2 is 2.15 bits per heavy atom. The van der Waals surface area contributed by atoms with Crippen LogP contribution in [0.3, 0.4) is 0 Å². The zero-order valence-electron chi connectivity index (χ0n) is 8.25. The lowest BCUT2D eigenvalue weighted by Gasteiger charge is -2.25. The number of nitrogens with zero attached hydrogens (tertiary/aromatic N) is 1. The summed E-state index contributed by atoms with van der Waals surface area (Å²) >= 11 is 0. The third kappa shape index (κ3) is 1.81. The Morgan fingerprint density at radius 1 is 1.46 bits per heavy atom. The molecule has 1 heteroatoms. The summed E-state index contributed by atoms with van der Waals surface area (Å²) in [6.45, 7) is 9.70. The summed E-state index contributed by atoms with van der Waals surface area (Å²) < 4.78 is 0. The van der Waals surface area contributed by atoms with Gasteiger partial charge in [0.25, 0.3) is 0 Å². The molecule has 0 unspecified atom stereocenters.